The van der Waals surface area contributed by atoms with Crippen LogP contribution in [0.15, 0.2) is 29.2 Å². The average molecular weight is 309 g/mol. The molecule has 1 aromatic rings. The van der Waals surface area contributed by atoms with Gasteiger partial charge in [0, 0.05) is 13.1 Å². The van der Waals surface area contributed by atoms with Crippen LogP contribution in [0.2, 0.25) is 0 Å². The van der Waals surface area contributed by atoms with Crippen molar-refractivity contribution in [1.82, 2.24) is 4.31 Å². The smallest absolute Gasteiger partial charge is 0.207 e. The Hall–Kier alpha value is -1.08. The van der Waals surface area contributed by atoms with Gasteiger partial charge in [-0.05, 0) is 37.1 Å². The van der Waals surface area contributed by atoms with Crippen molar-refractivity contribution in [2.24, 2.45) is 0 Å². The highest BCUT2D eigenvalue weighted by Crippen LogP contribution is 2.30. The molecule has 0 aliphatic carbocycles. The Bertz CT molecular complexity index is 518. The number of rotatable bonds is 6. The summed E-state index contributed by atoms with van der Waals surface area (Å²) in [5.41, 5.74) is -0.853. The highest BCUT2D eigenvalue weighted by atomic mass is 32.2. The zero-order valence-corrected chi connectivity index (χ0v) is 12.3. The molecule has 0 aliphatic rings. The molecule has 0 aromatic heterocycles. The molecule has 0 unspecified atom stereocenters. The van der Waals surface area contributed by atoms with Crippen molar-refractivity contribution in [1.29, 1.82) is 0 Å². The Kier molecular flexibility index (Phi) is 5.59. The number of halogens is 3. The van der Waals surface area contributed by atoms with Crippen molar-refractivity contribution in [3.63, 3.8) is 0 Å². The number of alkyl halides is 3. The average Bonchev–Trinajstić information content (AvgIpc) is 2.37. The van der Waals surface area contributed by atoms with Crippen LogP contribution in [0.4, 0.5) is 13.2 Å². The molecule has 114 valence electrons. The summed E-state index contributed by atoms with van der Waals surface area (Å²) in [5, 5.41) is 0. The van der Waals surface area contributed by atoms with Gasteiger partial charge in [0.25, 0.3) is 0 Å². The van der Waals surface area contributed by atoms with Crippen molar-refractivity contribution in [3.05, 3.63) is 29.8 Å². The summed E-state index contributed by atoms with van der Waals surface area (Å²) in [4.78, 5) is -0.104. The van der Waals surface area contributed by atoms with E-state index in [9.17, 15) is 21.6 Å². The van der Waals surface area contributed by atoms with Crippen LogP contribution in [0.3, 0.4) is 0 Å². The largest absolute Gasteiger partial charge is 0.416 e. The molecule has 7 heteroatoms. The van der Waals surface area contributed by atoms with Crippen LogP contribution in [-0.2, 0) is 16.2 Å². The molecule has 0 fully saturated rings. The third-order valence-corrected chi connectivity index (χ3v) is 4.68. The van der Waals surface area contributed by atoms with Crippen molar-refractivity contribution in [3.8, 4) is 0 Å². The summed E-state index contributed by atoms with van der Waals surface area (Å²) < 4.78 is 63.3. The zero-order valence-electron chi connectivity index (χ0n) is 11.4. The first-order chi connectivity index (χ1) is 9.23. The Morgan fingerprint density at radius 2 is 1.45 bits per heavy atom. The van der Waals surface area contributed by atoms with Gasteiger partial charge in [0.2, 0.25) is 10.0 Å². The molecule has 1 rings (SSSR count). The topological polar surface area (TPSA) is 37.4 Å². The highest BCUT2D eigenvalue weighted by molar-refractivity contribution is 7.89. The van der Waals surface area contributed by atoms with Crippen LogP contribution < -0.4 is 0 Å². The third kappa shape index (κ3) is 3.96. The van der Waals surface area contributed by atoms with Gasteiger partial charge in [0.1, 0.15) is 0 Å². The van der Waals surface area contributed by atoms with Crippen LogP contribution in [0, 0.1) is 0 Å². The number of hydrogen-bond acceptors (Lipinski definition) is 2. The van der Waals surface area contributed by atoms with E-state index in [0.29, 0.717) is 25.9 Å². The van der Waals surface area contributed by atoms with Crippen LogP contribution in [0.5, 0.6) is 0 Å². The minimum absolute atomic E-state index is 0.104. The normalized spacial score (nSPS) is 12.9. The first-order valence-corrected chi connectivity index (χ1v) is 7.85. The Morgan fingerprint density at radius 1 is 1.00 bits per heavy atom. The first-order valence-electron chi connectivity index (χ1n) is 6.41. The van der Waals surface area contributed by atoms with Crippen molar-refractivity contribution in [2.45, 2.75) is 37.8 Å². The highest BCUT2D eigenvalue weighted by Gasteiger charge is 2.31. The number of sulfonamides is 1. The minimum atomic E-state index is -4.46. The lowest BCUT2D eigenvalue weighted by molar-refractivity contribution is -0.137. The molecule has 0 atom stereocenters. The molecule has 0 bridgehead atoms. The molecule has 0 N–H and O–H groups in total. The van der Waals surface area contributed by atoms with Crippen LogP contribution in [-0.4, -0.2) is 25.8 Å². The molecular formula is C13H18F3NO2S. The lowest BCUT2D eigenvalue weighted by Crippen LogP contribution is -2.32. The van der Waals surface area contributed by atoms with E-state index in [1.54, 1.807) is 0 Å². The molecule has 0 spiro atoms. The second-order valence-corrected chi connectivity index (χ2v) is 6.36. The fourth-order valence-electron chi connectivity index (χ4n) is 1.82. The van der Waals surface area contributed by atoms with Gasteiger partial charge < -0.3 is 0 Å². The summed E-state index contributed by atoms with van der Waals surface area (Å²) in [6.45, 7) is 4.42. The van der Waals surface area contributed by atoms with Gasteiger partial charge in [-0.3, -0.25) is 0 Å². The first kappa shape index (κ1) is 17.0. The lowest BCUT2D eigenvalue weighted by atomic mass is 10.2. The van der Waals surface area contributed by atoms with Crippen molar-refractivity contribution < 1.29 is 21.6 Å². The molecule has 0 aliphatic heterocycles. The fraction of sp³-hybridized carbons (Fsp3) is 0.538. The monoisotopic (exact) mass is 309 g/mol. The van der Waals surface area contributed by atoms with E-state index in [1.165, 1.54) is 4.31 Å². The Morgan fingerprint density at radius 3 is 1.80 bits per heavy atom. The molecule has 1 aromatic carbocycles. The second-order valence-electron chi connectivity index (χ2n) is 4.43. The molecule has 0 saturated carbocycles. The van der Waals surface area contributed by atoms with E-state index in [0.717, 1.165) is 24.3 Å². The van der Waals surface area contributed by atoms with Gasteiger partial charge in [0.15, 0.2) is 0 Å². The molecule has 3 nitrogen and oxygen atoms in total. The molecule has 0 amide bonds. The van der Waals surface area contributed by atoms with Gasteiger partial charge >= 0.3 is 6.18 Å². The van der Waals surface area contributed by atoms with Gasteiger partial charge in [-0.2, -0.15) is 17.5 Å². The second kappa shape index (κ2) is 6.58. The number of hydrogen-bond donors (Lipinski definition) is 0. The Balaban J connectivity index is 3.08. The maximum absolute atomic E-state index is 12.5. The summed E-state index contributed by atoms with van der Waals surface area (Å²) >= 11 is 0. The molecular weight excluding hydrogens is 291 g/mol. The molecule has 0 heterocycles. The summed E-state index contributed by atoms with van der Waals surface area (Å²) in [6.07, 6.45) is -3.16. The fourth-order valence-corrected chi connectivity index (χ4v) is 3.44. The molecule has 0 saturated heterocycles. The van der Waals surface area contributed by atoms with E-state index in [2.05, 4.69) is 0 Å². The maximum Gasteiger partial charge on any atom is 0.416 e. The SMILES string of the molecule is CCCN(CCC)S(=O)(=O)c1ccc(C(F)(F)F)cc1. The van der Waals surface area contributed by atoms with Crippen LogP contribution in [0.1, 0.15) is 32.3 Å². The molecule has 20 heavy (non-hydrogen) atoms. The standard InChI is InChI=1S/C13H18F3NO2S/c1-3-9-17(10-4-2)20(18,19)12-7-5-11(6-8-12)13(14,15)16/h5-8H,3-4,9-10H2,1-2H3. The van der Waals surface area contributed by atoms with Crippen molar-refractivity contribution in [2.75, 3.05) is 13.1 Å². The summed E-state index contributed by atoms with van der Waals surface area (Å²) in [6, 6.07) is 3.61. The predicted octanol–water partition coefficient (Wildman–Crippen LogP) is 3.52. The van der Waals surface area contributed by atoms with Gasteiger partial charge in [-0.25, -0.2) is 8.42 Å². The van der Waals surface area contributed by atoms with E-state index in [4.69, 9.17) is 0 Å². The molecule has 0 radical (unpaired) electrons. The van der Waals surface area contributed by atoms with E-state index in [1.807, 2.05) is 13.8 Å². The quantitative estimate of drug-likeness (QED) is 0.806. The summed E-state index contributed by atoms with van der Waals surface area (Å²) in [5.74, 6) is 0. The van der Waals surface area contributed by atoms with Crippen LogP contribution in [0.25, 0.3) is 0 Å². The van der Waals surface area contributed by atoms with E-state index in [-0.39, 0.29) is 4.90 Å². The van der Waals surface area contributed by atoms with E-state index >= 15 is 0 Å². The minimum Gasteiger partial charge on any atom is -0.207 e. The summed E-state index contributed by atoms with van der Waals surface area (Å²) in [7, 11) is -3.72. The zero-order chi connectivity index (χ0) is 15.4. The van der Waals surface area contributed by atoms with Gasteiger partial charge in [-0.15, -0.1) is 0 Å². The number of nitrogens with zero attached hydrogens (tertiary/aromatic N) is 1. The van der Waals surface area contributed by atoms with Gasteiger partial charge in [0.05, 0.1) is 10.5 Å². The predicted molar refractivity (Wildman–Crippen MR) is 70.8 cm³/mol. The third-order valence-electron chi connectivity index (χ3n) is 2.77. The van der Waals surface area contributed by atoms with Crippen molar-refractivity contribution >= 4 is 10.0 Å². The van der Waals surface area contributed by atoms with E-state index < -0.39 is 21.8 Å². The maximum atomic E-state index is 12.5. The van der Waals surface area contributed by atoms with Crippen LogP contribution >= 0.6 is 0 Å². The lowest BCUT2D eigenvalue weighted by Gasteiger charge is -2.21. The Labute approximate surface area is 117 Å². The number of benzene rings is 1. The van der Waals surface area contributed by atoms with Gasteiger partial charge in [-0.1, -0.05) is 13.8 Å².